The van der Waals surface area contributed by atoms with Gasteiger partial charge in [0.2, 0.25) is 0 Å². The molecule has 2 atom stereocenters. The molecule has 0 aromatic heterocycles. The maximum Gasteiger partial charge on any atom is 0.0617 e. The molecule has 1 rings (SSSR count). The van der Waals surface area contributed by atoms with E-state index in [9.17, 15) is 0 Å². The van der Waals surface area contributed by atoms with Gasteiger partial charge in [-0.3, -0.25) is 0 Å². The number of rotatable bonds is 7. The van der Waals surface area contributed by atoms with Gasteiger partial charge in [0.15, 0.2) is 0 Å². The molecule has 0 amide bonds. The van der Waals surface area contributed by atoms with Gasteiger partial charge in [-0.05, 0) is 38.5 Å². The van der Waals surface area contributed by atoms with Crippen LogP contribution in [0.4, 0.5) is 0 Å². The Morgan fingerprint density at radius 3 is 2.29 bits per heavy atom. The summed E-state index contributed by atoms with van der Waals surface area (Å²) in [4.78, 5) is 0. The third kappa shape index (κ3) is 4.97. The van der Waals surface area contributed by atoms with Crippen LogP contribution in [-0.4, -0.2) is 25.3 Å². The maximum absolute atomic E-state index is 5.60. The second-order valence-corrected chi connectivity index (χ2v) is 5.13. The Morgan fingerprint density at radius 2 is 1.79 bits per heavy atom. The molecule has 0 aromatic rings. The van der Waals surface area contributed by atoms with E-state index < -0.39 is 0 Å². The molecular weight excluding hydrogens is 174 g/mol. The molecule has 1 aliphatic rings. The van der Waals surface area contributed by atoms with Crippen molar-refractivity contribution in [3.63, 3.8) is 0 Å². The van der Waals surface area contributed by atoms with E-state index in [2.05, 4.69) is 33.0 Å². The fourth-order valence-electron chi connectivity index (χ4n) is 1.71. The average molecular weight is 199 g/mol. The molecule has 14 heavy (non-hydrogen) atoms. The first-order valence-electron chi connectivity index (χ1n) is 5.93. The Balaban J connectivity index is 2.00. The Labute approximate surface area is 88.4 Å². The van der Waals surface area contributed by atoms with Gasteiger partial charge in [-0.2, -0.15) is 0 Å². The monoisotopic (exact) mass is 199 g/mol. The lowest BCUT2D eigenvalue weighted by Gasteiger charge is -2.20. The first kappa shape index (κ1) is 12.0. The van der Waals surface area contributed by atoms with Crippen LogP contribution in [0.3, 0.4) is 0 Å². The molecule has 1 N–H and O–H groups in total. The molecule has 2 heteroatoms. The van der Waals surface area contributed by atoms with Crippen LogP contribution in [0.2, 0.25) is 0 Å². The van der Waals surface area contributed by atoms with Crippen molar-refractivity contribution in [2.75, 3.05) is 13.2 Å². The lowest BCUT2D eigenvalue weighted by molar-refractivity contribution is 0.0908. The van der Waals surface area contributed by atoms with Crippen LogP contribution in [0, 0.1) is 11.8 Å². The van der Waals surface area contributed by atoms with Gasteiger partial charge < -0.3 is 10.1 Å². The van der Waals surface area contributed by atoms with E-state index in [1.165, 1.54) is 12.8 Å². The Kier molecular flexibility index (Phi) is 4.90. The van der Waals surface area contributed by atoms with Crippen molar-refractivity contribution >= 4 is 0 Å². The van der Waals surface area contributed by atoms with Crippen LogP contribution in [-0.2, 0) is 4.74 Å². The summed E-state index contributed by atoms with van der Waals surface area (Å²) in [5, 5.41) is 3.59. The van der Waals surface area contributed by atoms with Crippen molar-refractivity contribution in [2.45, 2.75) is 52.6 Å². The van der Waals surface area contributed by atoms with Gasteiger partial charge in [-0.1, -0.05) is 13.8 Å². The van der Waals surface area contributed by atoms with E-state index in [1.54, 1.807) is 0 Å². The summed E-state index contributed by atoms with van der Waals surface area (Å²) in [6.45, 7) is 10.6. The Bertz CT molecular complexity index is 154. The maximum atomic E-state index is 5.60. The van der Waals surface area contributed by atoms with Crippen molar-refractivity contribution in [1.29, 1.82) is 0 Å². The summed E-state index contributed by atoms with van der Waals surface area (Å²) in [6, 6.07) is 1.16. The normalized spacial score (nSPS) is 21.2. The molecule has 2 unspecified atom stereocenters. The fraction of sp³-hybridized carbons (Fsp3) is 1.00. The highest BCUT2D eigenvalue weighted by Gasteiger charge is 2.28. The minimum atomic E-state index is 0.490. The molecule has 1 saturated carbocycles. The highest BCUT2D eigenvalue weighted by molar-refractivity contribution is 4.84. The molecule has 0 aliphatic heterocycles. The first-order chi connectivity index (χ1) is 6.59. The van der Waals surface area contributed by atoms with Crippen LogP contribution in [0.15, 0.2) is 0 Å². The van der Waals surface area contributed by atoms with E-state index in [0.717, 1.165) is 19.1 Å². The van der Waals surface area contributed by atoms with Crippen LogP contribution < -0.4 is 5.32 Å². The van der Waals surface area contributed by atoms with Gasteiger partial charge in [0, 0.05) is 18.7 Å². The predicted molar refractivity (Wildman–Crippen MR) is 60.4 cm³/mol. The zero-order valence-corrected chi connectivity index (χ0v) is 10.0. The Hall–Kier alpha value is -0.0800. The van der Waals surface area contributed by atoms with Crippen LogP contribution in [0.1, 0.15) is 40.5 Å². The fourth-order valence-corrected chi connectivity index (χ4v) is 1.71. The van der Waals surface area contributed by atoms with E-state index in [1.807, 2.05) is 0 Å². The molecule has 1 aliphatic carbocycles. The van der Waals surface area contributed by atoms with Crippen LogP contribution in [0.5, 0.6) is 0 Å². The molecule has 1 fully saturated rings. The van der Waals surface area contributed by atoms with Crippen molar-refractivity contribution in [3.8, 4) is 0 Å². The van der Waals surface area contributed by atoms with Crippen molar-refractivity contribution in [2.24, 2.45) is 11.8 Å². The second-order valence-electron chi connectivity index (χ2n) is 5.13. The van der Waals surface area contributed by atoms with Gasteiger partial charge >= 0.3 is 0 Å². The highest BCUT2D eigenvalue weighted by Crippen LogP contribution is 2.32. The van der Waals surface area contributed by atoms with Gasteiger partial charge in [-0.15, -0.1) is 0 Å². The van der Waals surface area contributed by atoms with Gasteiger partial charge in [0.1, 0.15) is 0 Å². The summed E-state index contributed by atoms with van der Waals surface area (Å²) < 4.78 is 5.60. The van der Waals surface area contributed by atoms with E-state index in [4.69, 9.17) is 4.74 Å². The molecular formula is C12H25NO. The van der Waals surface area contributed by atoms with Crippen molar-refractivity contribution < 1.29 is 4.74 Å². The quantitative estimate of drug-likeness (QED) is 0.680. The summed E-state index contributed by atoms with van der Waals surface area (Å²) in [5.41, 5.74) is 0. The molecule has 0 spiro atoms. The predicted octanol–water partition coefficient (Wildman–Crippen LogP) is 2.44. The number of hydrogen-bond acceptors (Lipinski definition) is 2. The molecule has 0 radical (unpaired) electrons. The zero-order valence-electron chi connectivity index (χ0n) is 10.0. The van der Waals surface area contributed by atoms with Gasteiger partial charge in [0.05, 0.1) is 6.61 Å². The van der Waals surface area contributed by atoms with E-state index in [0.29, 0.717) is 18.0 Å². The largest absolute Gasteiger partial charge is 0.380 e. The summed E-state index contributed by atoms with van der Waals surface area (Å²) in [6.07, 6.45) is 2.82. The minimum Gasteiger partial charge on any atom is -0.380 e. The van der Waals surface area contributed by atoms with E-state index >= 15 is 0 Å². The van der Waals surface area contributed by atoms with Crippen LogP contribution in [0.25, 0.3) is 0 Å². The average Bonchev–Trinajstić information content (AvgIpc) is 2.84. The zero-order chi connectivity index (χ0) is 10.6. The smallest absolute Gasteiger partial charge is 0.0617 e. The summed E-state index contributed by atoms with van der Waals surface area (Å²) in [5.74, 6) is 1.57. The Morgan fingerprint density at radius 1 is 1.14 bits per heavy atom. The highest BCUT2D eigenvalue weighted by atomic mass is 16.5. The first-order valence-corrected chi connectivity index (χ1v) is 5.93. The summed E-state index contributed by atoms with van der Waals surface area (Å²) in [7, 11) is 0. The molecule has 84 valence electrons. The molecule has 2 nitrogen and oxygen atoms in total. The lowest BCUT2D eigenvalue weighted by atomic mass is 10.2. The number of nitrogens with one attached hydrogen (secondary N) is 1. The second kappa shape index (κ2) is 5.72. The number of hydrogen-bond donors (Lipinski definition) is 1. The van der Waals surface area contributed by atoms with Crippen molar-refractivity contribution in [1.82, 2.24) is 5.32 Å². The van der Waals surface area contributed by atoms with Gasteiger partial charge in [-0.25, -0.2) is 0 Å². The third-order valence-corrected chi connectivity index (χ3v) is 2.70. The topological polar surface area (TPSA) is 21.3 Å². The molecule has 0 bridgehead atoms. The van der Waals surface area contributed by atoms with Crippen molar-refractivity contribution in [3.05, 3.63) is 0 Å². The van der Waals surface area contributed by atoms with Gasteiger partial charge in [0.25, 0.3) is 0 Å². The third-order valence-electron chi connectivity index (χ3n) is 2.70. The lowest BCUT2D eigenvalue weighted by Crippen LogP contribution is -2.38. The molecule has 0 heterocycles. The van der Waals surface area contributed by atoms with E-state index in [-0.39, 0.29) is 0 Å². The molecule has 0 aromatic carbocycles. The SMILES string of the molecule is CC(C)COCC(C)NC(C)C1CC1. The molecule has 0 saturated heterocycles. The standard InChI is InChI=1S/C12H25NO/c1-9(2)7-14-8-10(3)13-11(4)12-5-6-12/h9-13H,5-8H2,1-4H3. The minimum absolute atomic E-state index is 0.490. The van der Waals surface area contributed by atoms with Crippen LogP contribution >= 0.6 is 0 Å². The summed E-state index contributed by atoms with van der Waals surface area (Å²) >= 11 is 0. The number of ether oxygens (including phenoxy) is 1.